The van der Waals surface area contributed by atoms with Crippen LogP contribution in [0.4, 0.5) is 0 Å². The minimum absolute atomic E-state index is 0.178. The van der Waals surface area contributed by atoms with Gasteiger partial charge in [-0.2, -0.15) is 5.26 Å². The molecule has 3 heteroatoms. The number of furan rings is 1. The smallest absolute Gasteiger partial charge is 0.211 e. The number of fused-ring (bicyclic) bond motifs is 1. The summed E-state index contributed by atoms with van der Waals surface area (Å²) >= 11 is 0. The number of rotatable bonds is 1. The van der Waals surface area contributed by atoms with E-state index >= 15 is 0 Å². The van der Waals surface area contributed by atoms with Crippen molar-refractivity contribution in [3.63, 3.8) is 0 Å². The monoisotopic (exact) mass is 173 g/mol. The number of benzene rings is 1. The van der Waals surface area contributed by atoms with Gasteiger partial charge in [0.15, 0.2) is 0 Å². The number of aliphatic hydroxyl groups is 1. The normalized spacial score (nSPS) is 10.2. The van der Waals surface area contributed by atoms with Gasteiger partial charge in [-0.25, -0.2) is 0 Å². The first-order valence-electron chi connectivity index (χ1n) is 3.88. The van der Waals surface area contributed by atoms with Gasteiger partial charge in [-0.3, -0.25) is 0 Å². The Hall–Kier alpha value is -1.79. The van der Waals surface area contributed by atoms with E-state index in [1.807, 2.05) is 24.3 Å². The minimum Gasteiger partial charge on any atom is -0.447 e. The third kappa shape index (κ3) is 1.08. The maximum atomic E-state index is 8.94. The fourth-order valence-electron chi connectivity index (χ4n) is 1.36. The minimum atomic E-state index is -0.178. The van der Waals surface area contributed by atoms with Crippen molar-refractivity contribution in [1.29, 1.82) is 5.26 Å². The molecule has 0 saturated heterocycles. The van der Waals surface area contributed by atoms with Crippen molar-refractivity contribution >= 4 is 10.8 Å². The molecular weight excluding hydrogens is 166 g/mol. The van der Waals surface area contributed by atoms with Gasteiger partial charge in [0.25, 0.3) is 0 Å². The summed E-state index contributed by atoms with van der Waals surface area (Å²) < 4.78 is 5.15. The Balaban J connectivity index is 2.84. The first kappa shape index (κ1) is 7.84. The van der Waals surface area contributed by atoms with Crippen LogP contribution in [-0.4, -0.2) is 5.11 Å². The van der Waals surface area contributed by atoms with Crippen molar-refractivity contribution < 1.29 is 9.52 Å². The van der Waals surface area contributed by atoms with Gasteiger partial charge in [-0.1, -0.05) is 18.2 Å². The molecule has 0 saturated carbocycles. The Kier molecular flexibility index (Phi) is 1.76. The van der Waals surface area contributed by atoms with E-state index in [2.05, 4.69) is 0 Å². The Morgan fingerprint density at radius 3 is 2.62 bits per heavy atom. The van der Waals surface area contributed by atoms with Crippen LogP contribution in [0.25, 0.3) is 10.8 Å². The lowest BCUT2D eigenvalue weighted by Gasteiger charge is -1.88. The van der Waals surface area contributed by atoms with Crippen LogP contribution in [0.5, 0.6) is 0 Å². The molecule has 1 N–H and O–H groups in total. The molecule has 0 radical (unpaired) electrons. The fraction of sp³-hybridized carbons (Fsp3) is 0.100. The lowest BCUT2D eigenvalue weighted by Crippen LogP contribution is -1.76. The maximum absolute atomic E-state index is 8.94. The molecule has 1 aromatic heterocycles. The second-order valence-electron chi connectivity index (χ2n) is 2.67. The largest absolute Gasteiger partial charge is 0.447 e. The van der Waals surface area contributed by atoms with Gasteiger partial charge in [-0.15, -0.1) is 0 Å². The Bertz CT molecular complexity index is 479. The zero-order chi connectivity index (χ0) is 9.26. The van der Waals surface area contributed by atoms with Crippen LogP contribution in [-0.2, 0) is 6.61 Å². The van der Waals surface area contributed by atoms with E-state index in [4.69, 9.17) is 14.8 Å². The number of hydrogen-bond donors (Lipinski definition) is 1. The molecular formula is C10H7NO2. The van der Waals surface area contributed by atoms with Gasteiger partial charge in [0, 0.05) is 10.8 Å². The van der Waals surface area contributed by atoms with E-state index in [-0.39, 0.29) is 12.4 Å². The standard InChI is InChI=1S/C10H7NO2/c11-5-9-7-3-1-2-4-8(7)10(6-12)13-9/h1-4,12H,6H2. The highest BCUT2D eigenvalue weighted by Crippen LogP contribution is 2.24. The highest BCUT2D eigenvalue weighted by atomic mass is 16.4. The summed E-state index contributed by atoms with van der Waals surface area (Å²) in [4.78, 5) is 0. The molecule has 0 fully saturated rings. The Morgan fingerprint density at radius 2 is 2.00 bits per heavy atom. The summed E-state index contributed by atoms with van der Waals surface area (Å²) in [5.74, 6) is 0.715. The third-order valence-electron chi connectivity index (χ3n) is 1.94. The fourth-order valence-corrected chi connectivity index (χ4v) is 1.36. The average molecular weight is 173 g/mol. The van der Waals surface area contributed by atoms with Crippen LogP contribution in [0, 0.1) is 11.3 Å². The summed E-state index contributed by atoms with van der Waals surface area (Å²) in [6.45, 7) is -0.178. The van der Waals surface area contributed by atoms with Crippen molar-refractivity contribution in [3.05, 3.63) is 35.8 Å². The van der Waals surface area contributed by atoms with E-state index in [9.17, 15) is 0 Å². The molecule has 0 spiro atoms. The van der Waals surface area contributed by atoms with Gasteiger partial charge in [-0.05, 0) is 6.07 Å². The zero-order valence-electron chi connectivity index (χ0n) is 6.82. The summed E-state index contributed by atoms with van der Waals surface area (Å²) in [5, 5.41) is 19.2. The summed E-state index contributed by atoms with van der Waals surface area (Å²) in [6.07, 6.45) is 0. The third-order valence-corrected chi connectivity index (χ3v) is 1.94. The van der Waals surface area contributed by atoms with Crippen molar-refractivity contribution in [2.45, 2.75) is 6.61 Å². The van der Waals surface area contributed by atoms with Crippen molar-refractivity contribution in [2.24, 2.45) is 0 Å². The topological polar surface area (TPSA) is 57.2 Å². The van der Waals surface area contributed by atoms with E-state index in [1.165, 1.54) is 0 Å². The lowest BCUT2D eigenvalue weighted by molar-refractivity contribution is 0.248. The molecule has 3 nitrogen and oxygen atoms in total. The van der Waals surface area contributed by atoms with Crippen molar-refractivity contribution in [2.75, 3.05) is 0 Å². The lowest BCUT2D eigenvalue weighted by atomic mass is 10.1. The van der Waals surface area contributed by atoms with E-state index < -0.39 is 0 Å². The van der Waals surface area contributed by atoms with Crippen LogP contribution < -0.4 is 0 Å². The van der Waals surface area contributed by atoms with Gasteiger partial charge in [0.1, 0.15) is 18.4 Å². The number of aliphatic hydroxyl groups excluding tert-OH is 1. The molecule has 2 aromatic rings. The van der Waals surface area contributed by atoms with E-state index in [0.29, 0.717) is 5.76 Å². The molecule has 0 bridgehead atoms. The SMILES string of the molecule is N#Cc1oc(CO)c2ccccc12. The number of nitrogens with zero attached hydrogens (tertiary/aromatic N) is 1. The average Bonchev–Trinajstić information content (AvgIpc) is 2.56. The van der Waals surface area contributed by atoms with E-state index in [0.717, 1.165) is 10.8 Å². The second-order valence-corrected chi connectivity index (χ2v) is 2.67. The maximum Gasteiger partial charge on any atom is 0.211 e. The van der Waals surface area contributed by atoms with Gasteiger partial charge in [0.05, 0.1) is 0 Å². The molecule has 0 aliphatic rings. The molecule has 2 rings (SSSR count). The van der Waals surface area contributed by atoms with Gasteiger partial charge >= 0.3 is 0 Å². The van der Waals surface area contributed by atoms with E-state index in [1.54, 1.807) is 6.07 Å². The molecule has 0 amide bonds. The molecule has 13 heavy (non-hydrogen) atoms. The summed E-state index contributed by atoms with van der Waals surface area (Å²) in [6, 6.07) is 9.25. The summed E-state index contributed by atoms with van der Waals surface area (Å²) in [7, 11) is 0. The molecule has 0 unspecified atom stereocenters. The predicted octanol–water partition coefficient (Wildman–Crippen LogP) is 1.80. The zero-order valence-corrected chi connectivity index (χ0v) is 6.82. The van der Waals surface area contributed by atoms with Crippen LogP contribution in [0.1, 0.15) is 11.5 Å². The molecule has 1 heterocycles. The van der Waals surface area contributed by atoms with Gasteiger partial charge < -0.3 is 9.52 Å². The molecule has 64 valence electrons. The molecule has 0 aliphatic heterocycles. The number of nitriles is 1. The first-order chi connectivity index (χ1) is 6.36. The van der Waals surface area contributed by atoms with Crippen LogP contribution in [0.15, 0.2) is 28.7 Å². The molecule has 0 atom stereocenters. The quantitative estimate of drug-likeness (QED) is 0.715. The van der Waals surface area contributed by atoms with Crippen molar-refractivity contribution in [1.82, 2.24) is 0 Å². The van der Waals surface area contributed by atoms with Crippen molar-refractivity contribution in [3.8, 4) is 6.07 Å². The van der Waals surface area contributed by atoms with Crippen LogP contribution in [0.3, 0.4) is 0 Å². The van der Waals surface area contributed by atoms with Crippen LogP contribution in [0.2, 0.25) is 0 Å². The number of hydrogen-bond acceptors (Lipinski definition) is 3. The summed E-state index contributed by atoms with van der Waals surface area (Å²) in [5.41, 5.74) is 0. The molecule has 1 aromatic carbocycles. The highest BCUT2D eigenvalue weighted by molar-refractivity contribution is 5.88. The van der Waals surface area contributed by atoms with Crippen LogP contribution >= 0.6 is 0 Å². The molecule has 0 aliphatic carbocycles. The Labute approximate surface area is 74.8 Å². The van der Waals surface area contributed by atoms with Gasteiger partial charge in [0.2, 0.25) is 5.76 Å². The second kappa shape index (κ2) is 2.92. The highest BCUT2D eigenvalue weighted by Gasteiger charge is 2.10. The Morgan fingerprint density at radius 1 is 1.31 bits per heavy atom. The predicted molar refractivity (Wildman–Crippen MR) is 46.9 cm³/mol. The first-order valence-corrected chi connectivity index (χ1v) is 3.88.